The van der Waals surface area contributed by atoms with Crippen LogP contribution in [0.1, 0.15) is 15.9 Å². The number of amides is 1. The van der Waals surface area contributed by atoms with Crippen molar-refractivity contribution >= 4 is 17.2 Å². The van der Waals surface area contributed by atoms with Gasteiger partial charge in [0, 0.05) is 11.6 Å². The molecule has 20 heavy (non-hydrogen) atoms. The summed E-state index contributed by atoms with van der Waals surface area (Å²) in [7, 11) is 0. The fourth-order valence-electron chi connectivity index (χ4n) is 1.81. The summed E-state index contributed by atoms with van der Waals surface area (Å²) >= 11 is 0. The molecule has 0 atom stereocenters. The number of carbonyl (C=O) groups is 1. The number of carbonyl (C=O) groups excluding carboxylic acids is 1. The minimum absolute atomic E-state index is 0.296. The highest BCUT2D eigenvalue weighted by molar-refractivity contribution is 6.04. The van der Waals surface area contributed by atoms with Crippen molar-refractivity contribution in [2.24, 2.45) is 0 Å². The van der Waals surface area contributed by atoms with Gasteiger partial charge >= 0.3 is 0 Å². The number of hydrogen-bond acceptors (Lipinski definition) is 4. The molecule has 0 aliphatic rings. The minimum atomic E-state index is -0.296. The molecule has 6 nitrogen and oxygen atoms in total. The van der Waals surface area contributed by atoms with Crippen LogP contribution in [0.25, 0.3) is 5.65 Å². The van der Waals surface area contributed by atoms with E-state index in [0.717, 1.165) is 0 Å². The molecule has 1 amide bonds. The third kappa shape index (κ3) is 2.20. The summed E-state index contributed by atoms with van der Waals surface area (Å²) in [6.45, 7) is 0. The van der Waals surface area contributed by atoms with E-state index in [9.17, 15) is 4.79 Å². The molecular formula is C14H9N5O. The minimum Gasteiger partial charge on any atom is -0.319 e. The highest BCUT2D eigenvalue weighted by atomic mass is 16.1. The molecule has 6 heteroatoms. The zero-order chi connectivity index (χ0) is 13.9. The van der Waals surface area contributed by atoms with Crippen LogP contribution in [0.2, 0.25) is 0 Å². The van der Waals surface area contributed by atoms with Gasteiger partial charge in [0.25, 0.3) is 5.91 Å². The van der Waals surface area contributed by atoms with Crippen LogP contribution in [-0.2, 0) is 0 Å². The molecule has 0 aliphatic heterocycles. The van der Waals surface area contributed by atoms with E-state index in [0.29, 0.717) is 22.5 Å². The highest BCUT2D eigenvalue weighted by Crippen LogP contribution is 2.10. The average Bonchev–Trinajstić information content (AvgIpc) is 2.95. The topological polar surface area (TPSA) is 83.1 Å². The van der Waals surface area contributed by atoms with Gasteiger partial charge in [-0.05, 0) is 18.2 Å². The van der Waals surface area contributed by atoms with Gasteiger partial charge in [-0.15, -0.1) is 0 Å². The first kappa shape index (κ1) is 11.9. The van der Waals surface area contributed by atoms with Crippen LogP contribution in [-0.4, -0.2) is 20.5 Å². The molecule has 0 unspecified atom stereocenters. The van der Waals surface area contributed by atoms with Crippen molar-refractivity contribution in [1.29, 1.82) is 5.26 Å². The van der Waals surface area contributed by atoms with Crippen LogP contribution in [0.4, 0.5) is 5.69 Å². The maximum Gasteiger partial charge on any atom is 0.255 e. The lowest BCUT2D eigenvalue weighted by Gasteiger charge is -2.05. The van der Waals surface area contributed by atoms with Crippen LogP contribution in [0.5, 0.6) is 0 Å². The number of nitrogens with zero attached hydrogens (tertiary/aromatic N) is 4. The predicted octanol–water partition coefficient (Wildman–Crippen LogP) is 1.85. The largest absolute Gasteiger partial charge is 0.319 e. The number of aromatic nitrogens is 3. The number of fused-ring (bicyclic) bond motifs is 1. The van der Waals surface area contributed by atoms with Gasteiger partial charge in [0.2, 0.25) is 0 Å². The van der Waals surface area contributed by atoms with Crippen molar-refractivity contribution < 1.29 is 4.79 Å². The molecule has 1 N–H and O–H groups in total. The molecule has 0 radical (unpaired) electrons. The van der Waals surface area contributed by atoms with Crippen molar-refractivity contribution in [2.75, 3.05) is 5.32 Å². The van der Waals surface area contributed by atoms with E-state index in [1.54, 1.807) is 47.4 Å². The Morgan fingerprint density at radius 1 is 1.35 bits per heavy atom. The highest BCUT2D eigenvalue weighted by Gasteiger charge is 2.07. The van der Waals surface area contributed by atoms with Crippen LogP contribution in [0, 0.1) is 11.3 Å². The zero-order valence-corrected chi connectivity index (χ0v) is 10.3. The standard InChI is InChI=1S/C14H9N5O/c15-7-10-2-1-3-11(6-10)14(20)18-12-8-16-13-4-5-17-19(13)9-12/h1-6,8-9H,(H,18,20). The Kier molecular flexibility index (Phi) is 2.86. The molecule has 96 valence electrons. The second-order valence-electron chi connectivity index (χ2n) is 4.12. The first-order valence-electron chi connectivity index (χ1n) is 5.87. The van der Waals surface area contributed by atoms with Crippen molar-refractivity contribution in [3.63, 3.8) is 0 Å². The van der Waals surface area contributed by atoms with Crippen molar-refractivity contribution in [3.05, 3.63) is 60.0 Å². The Balaban J connectivity index is 1.86. The zero-order valence-electron chi connectivity index (χ0n) is 10.3. The fraction of sp³-hybridized carbons (Fsp3) is 0. The Labute approximate surface area is 114 Å². The van der Waals surface area contributed by atoms with Crippen molar-refractivity contribution in [2.45, 2.75) is 0 Å². The number of nitrogens with one attached hydrogen (secondary N) is 1. The second kappa shape index (κ2) is 4.82. The SMILES string of the molecule is N#Cc1cccc(C(=O)Nc2cnc3ccnn3c2)c1. The summed E-state index contributed by atoms with van der Waals surface area (Å²) in [5, 5.41) is 15.6. The smallest absolute Gasteiger partial charge is 0.255 e. The summed E-state index contributed by atoms with van der Waals surface area (Å²) in [4.78, 5) is 16.2. The summed E-state index contributed by atoms with van der Waals surface area (Å²) in [5.74, 6) is -0.296. The summed E-state index contributed by atoms with van der Waals surface area (Å²) in [5.41, 5.74) is 2.10. The lowest BCUT2D eigenvalue weighted by molar-refractivity contribution is 0.102. The number of hydrogen-bond donors (Lipinski definition) is 1. The summed E-state index contributed by atoms with van der Waals surface area (Å²) < 4.78 is 1.57. The van der Waals surface area contributed by atoms with E-state index >= 15 is 0 Å². The van der Waals surface area contributed by atoms with Crippen LogP contribution >= 0.6 is 0 Å². The molecule has 0 saturated carbocycles. The molecular weight excluding hydrogens is 254 g/mol. The normalized spacial score (nSPS) is 10.2. The molecule has 0 fully saturated rings. The Morgan fingerprint density at radius 2 is 2.25 bits per heavy atom. The van der Waals surface area contributed by atoms with Crippen LogP contribution in [0.3, 0.4) is 0 Å². The fourth-order valence-corrected chi connectivity index (χ4v) is 1.81. The maximum atomic E-state index is 12.1. The van der Waals surface area contributed by atoms with Gasteiger partial charge in [-0.1, -0.05) is 6.07 Å². The lowest BCUT2D eigenvalue weighted by atomic mass is 10.1. The van der Waals surface area contributed by atoms with E-state index in [1.807, 2.05) is 6.07 Å². The van der Waals surface area contributed by atoms with Gasteiger partial charge in [0.05, 0.1) is 35.9 Å². The molecule has 1 aromatic carbocycles. The molecule has 0 aliphatic carbocycles. The summed E-state index contributed by atoms with van der Waals surface area (Å²) in [6.07, 6.45) is 4.86. The van der Waals surface area contributed by atoms with Crippen LogP contribution < -0.4 is 5.32 Å². The van der Waals surface area contributed by atoms with Gasteiger partial charge in [-0.25, -0.2) is 9.50 Å². The lowest BCUT2D eigenvalue weighted by Crippen LogP contribution is -2.12. The van der Waals surface area contributed by atoms with E-state index < -0.39 is 0 Å². The molecule has 3 rings (SSSR count). The first-order chi connectivity index (χ1) is 9.76. The second-order valence-corrected chi connectivity index (χ2v) is 4.12. The van der Waals surface area contributed by atoms with Gasteiger partial charge in [0.1, 0.15) is 0 Å². The average molecular weight is 263 g/mol. The van der Waals surface area contributed by atoms with E-state index in [2.05, 4.69) is 15.4 Å². The van der Waals surface area contributed by atoms with Gasteiger partial charge < -0.3 is 5.32 Å². The number of nitriles is 1. The van der Waals surface area contributed by atoms with Crippen LogP contribution in [0.15, 0.2) is 48.9 Å². The molecule has 2 heterocycles. The Hall–Kier alpha value is -3.20. The van der Waals surface area contributed by atoms with Crippen molar-refractivity contribution in [3.8, 4) is 6.07 Å². The number of benzene rings is 1. The summed E-state index contributed by atoms with van der Waals surface area (Å²) in [6, 6.07) is 10.3. The molecule has 3 aromatic rings. The van der Waals surface area contributed by atoms with Crippen molar-refractivity contribution in [1.82, 2.24) is 14.6 Å². The van der Waals surface area contributed by atoms with Gasteiger partial charge in [-0.2, -0.15) is 10.4 Å². The molecule has 0 saturated heterocycles. The quantitative estimate of drug-likeness (QED) is 0.764. The number of anilines is 1. The van der Waals surface area contributed by atoms with E-state index in [4.69, 9.17) is 5.26 Å². The molecule has 0 spiro atoms. The maximum absolute atomic E-state index is 12.1. The number of rotatable bonds is 2. The Bertz CT molecular complexity index is 831. The Morgan fingerprint density at radius 3 is 3.10 bits per heavy atom. The molecule has 0 bridgehead atoms. The predicted molar refractivity (Wildman–Crippen MR) is 72.1 cm³/mol. The van der Waals surface area contributed by atoms with E-state index in [1.165, 1.54) is 6.07 Å². The van der Waals surface area contributed by atoms with Gasteiger partial charge in [0.15, 0.2) is 5.65 Å². The first-order valence-corrected chi connectivity index (χ1v) is 5.87. The van der Waals surface area contributed by atoms with Gasteiger partial charge in [-0.3, -0.25) is 4.79 Å². The monoisotopic (exact) mass is 263 g/mol. The third-order valence-corrected chi connectivity index (χ3v) is 2.76. The van der Waals surface area contributed by atoms with E-state index in [-0.39, 0.29) is 5.91 Å². The molecule has 2 aromatic heterocycles. The third-order valence-electron chi connectivity index (χ3n) is 2.76.